The summed E-state index contributed by atoms with van der Waals surface area (Å²) in [5.41, 5.74) is 7.60. The highest BCUT2D eigenvalue weighted by molar-refractivity contribution is 5.84. The van der Waals surface area contributed by atoms with Gasteiger partial charge in [0, 0.05) is 29.6 Å². The molecule has 1 unspecified atom stereocenters. The van der Waals surface area contributed by atoms with Gasteiger partial charge >= 0.3 is 6.09 Å². The largest absolute Gasteiger partial charge is 0.476 e. The van der Waals surface area contributed by atoms with Crippen molar-refractivity contribution in [2.75, 3.05) is 19.0 Å². The molecule has 2 rings (SSSR count). The lowest BCUT2D eigenvalue weighted by Gasteiger charge is -2.26. The van der Waals surface area contributed by atoms with Crippen molar-refractivity contribution < 1.29 is 14.3 Å². The third-order valence-corrected chi connectivity index (χ3v) is 3.67. The number of hydrogen-bond donors (Lipinski definition) is 2. The molecule has 2 aromatic heterocycles. The lowest BCUT2D eigenvalue weighted by atomic mass is 9.93. The number of pyridine rings is 2. The summed E-state index contributed by atoms with van der Waals surface area (Å²) in [6.07, 6.45) is 3.63. The van der Waals surface area contributed by atoms with Gasteiger partial charge in [-0.3, -0.25) is 5.32 Å². The molecule has 3 N–H and O–H groups in total. The van der Waals surface area contributed by atoms with E-state index in [-0.39, 0.29) is 0 Å². The molecule has 0 aliphatic heterocycles. The molecule has 1 atom stereocenters. The van der Waals surface area contributed by atoms with Crippen molar-refractivity contribution in [2.45, 2.75) is 32.7 Å². The van der Waals surface area contributed by atoms with Crippen LogP contribution in [0.2, 0.25) is 0 Å². The predicted octanol–water partition coefficient (Wildman–Crippen LogP) is 3.46. The van der Waals surface area contributed by atoms with E-state index >= 15 is 0 Å². The molecule has 0 aromatic carbocycles. The number of rotatable bonds is 7. The highest BCUT2D eigenvalue weighted by atomic mass is 16.5. The summed E-state index contributed by atoms with van der Waals surface area (Å²) in [5, 5.41) is 2.53. The standard InChI is InChI=1S/C19H26N4O3/c1-13(2)10-19(3,20)12-26-17-6-5-15(11-22-17)14-7-8-21-16(9-14)23-18(24)25-4/h5-9,11,13H,10,12,20H2,1-4H3,(H,21,23,24). The zero-order chi connectivity index (χ0) is 19.2. The van der Waals surface area contributed by atoms with E-state index in [1.165, 1.54) is 7.11 Å². The zero-order valence-corrected chi connectivity index (χ0v) is 15.7. The van der Waals surface area contributed by atoms with Gasteiger partial charge < -0.3 is 15.2 Å². The van der Waals surface area contributed by atoms with Gasteiger partial charge in [0.05, 0.1) is 7.11 Å². The number of nitrogens with zero attached hydrogens (tertiary/aromatic N) is 2. The highest BCUT2D eigenvalue weighted by Gasteiger charge is 2.21. The number of carbonyl (C=O) groups excluding carboxylic acids is 1. The minimum atomic E-state index is -0.567. The molecule has 0 saturated carbocycles. The second kappa shape index (κ2) is 8.62. The fraction of sp³-hybridized carbons (Fsp3) is 0.421. The predicted molar refractivity (Wildman–Crippen MR) is 101 cm³/mol. The minimum Gasteiger partial charge on any atom is -0.476 e. The Kier molecular flexibility index (Phi) is 6.52. The molecule has 0 radical (unpaired) electrons. The van der Waals surface area contributed by atoms with Gasteiger partial charge in [-0.15, -0.1) is 0 Å². The summed E-state index contributed by atoms with van der Waals surface area (Å²) in [6.45, 7) is 6.65. The van der Waals surface area contributed by atoms with Crippen molar-refractivity contribution in [2.24, 2.45) is 11.7 Å². The van der Waals surface area contributed by atoms with Gasteiger partial charge in [-0.1, -0.05) is 13.8 Å². The second-order valence-corrected chi connectivity index (χ2v) is 6.97. The van der Waals surface area contributed by atoms with E-state index in [4.69, 9.17) is 10.5 Å². The number of aromatic nitrogens is 2. The molecular weight excluding hydrogens is 332 g/mol. The van der Waals surface area contributed by atoms with E-state index in [0.29, 0.717) is 24.2 Å². The normalized spacial score (nSPS) is 13.2. The number of amides is 1. The molecular formula is C19H26N4O3. The average molecular weight is 358 g/mol. The SMILES string of the molecule is COC(=O)Nc1cc(-c2ccc(OCC(C)(N)CC(C)C)nc2)ccn1. The van der Waals surface area contributed by atoms with Gasteiger partial charge in [-0.05, 0) is 43.0 Å². The van der Waals surface area contributed by atoms with Crippen LogP contribution in [0.1, 0.15) is 27.2 Å². The van der Waals surface area contributed by atoms with Gasteiger partial charge in [0.1, 0.15) is 12.4 Å². The van der Waals surface area contributed by atoms with Gasteiger partial charge in [-0.2, -0.15) is 0 Å². The Balaban J connectivity index is 2.03. The van der Waals surface area contributed by atoms with Gasteiger partial charge in [0.25, 0.3) is 0 Å². The van der Waals surface area contributed by atoms with Gasteiger partial charge in [0.2, 0.25) is 5.88 Å². The molecule has 0 aliphatic carbocycles. The van der Waals surface area contributed by atoms with Crippen molar-refractivity contribution in [1.82, 2.24) is 9.97 Å². The van der Waals surface area contributed by atoms with Crippen LogP contribution in [0.3, 0.4) is 0 Å². The maximum absolute atomic E-state index is 11.3. The third kappa shape index (κ3) is 6.00. The summed E-state index contributed by atoms with van der Waals surface area (Å²) in [5.74, 6) is 1.43. The first-order chi connectivity index (χ1) is 12.3. The smallest absolute Gasteiger partial charge is 0.412 e. The number of ether oxygens (including phenoxy) is 2. The van der Waals surface area contributed by atoms with Crippen LogP contribution in [0.15, 0.2) is 36.7 Å². The molecule has 140 valence electrons. The lowest BCUT2D eigenvalue weighted by molar-refractivity contribution is 0.187. The molecule has 2 aromatic rings. The van der Waals surface area contributed by atoms with Crippen molar-refractivity contribution in [1.29, 1.82) is 0 Å². The van der Waals surface area contributed by atoms with Crippen molar-refractivity contribution in [3.05, 3.63) is 36.7 Å². The number of methoxy groups -OCH3 is 1. The molecule has 0 saturated heterocycles. The summed E-state index contributed by atoms with van der Waals surface area (Å²) in [6, 6.07) is 7.28. The lowest BCUT2D eigenvalue weighted by Crippen LogP contribution is -2.43. The molecule has 0 aliphatic rings. The number of carbonyl (C=O) groups is 1. The molecule has 7 heteroatoms. The molecule has 0 fully saturated rings. The van der Waals surface area contributed by atoms with E-state index in [1.807, 2.05) is 19.1 Å². The van der Waals surface area contributed by atoms with Crippen LogP contribution in [0.4, 0.5) is 10.6 Å². The Morgan fingerprint density at radius 1 is 1.27 bits per heavy atom. The first kappa shape index (κ1) is 19.7. The van der Waals surface area contributed by atoms with Crippen LogP contribution in [-0.4, -0.2) is 35.3 Å². The Hall–Kier alpha value is -2.67. The number of nitrogens with one attached hydrogen (secondary N) is 1. The van der Waals surface area contributed by atoms with Crippen molar-refractivity contribution in [3.8, 4) is 17.0 Å². The molecule has 0 spiro atoms. The number of hydrogen-bond acceptors (Lipinski definition) is 6. The van der Waals surface area contributed by atoms with Crippen LogP contribution >= 0.6 is 0 Å². The van der Waals surface area contributed by atoms with Crippen LogP contribution in [0, 0.1) is 5.92 Å². The minimum absolute atomic E-state index is 0.395. The van der Waals surface area contributed by atoms with E-state index in [9.17, 15) is 4.79 Å². The Morgan fingerprint density at radius 2 is 2.04 bits per heavy atom. The van der Waals surface area contributed by atoms with Crippen molar-refractivity contribution in [3.63, 3.8) is 0 Å². The van der Waals surface area contributed by atoms with Crippen LogP contribution < -0.4 is 15.8 Å². The molecule has 2 heterocycles. The second-order valence-electron chi connectivity index (χ2n) is 6.97. The summed E-state index contributed by atoms with van der Waals surface area (Å²) < 4.78 is 10.3. The maximum Gasteiger partial charge on any atom is 0.412 e. The van der Waals surface area contributed by atoms with Gasteiger partial charge in [-0.25, -0.2) is 14.8 Å². The Labute approximate surface area is 153 Å². The summed E-state index contributed by atoms with van der Waals surface area (Å²) in [7, 11) is 1.30. The topological polar surface area (TPSA) is 99.4 Å². The zero-order valence-electron chi connectivity index (χ0n) is 15.7. The summed E-state index contributed by atoms with van der Waals surface area (Å²) >= 11 is 0. The number of nitrogens with two attached hydrogens (primary N) is 1. The molecule has 7 nitrogen and oxygen atoms in total. The first-order valence-electron chi connectivity index (χ1n) is 8.48. The Morgan fingerprint density at radius 3 is 2.65 bits per heavy atom. The van der Waals surface area contributed by atoms with Crippen molar-refractivity contribution >= 4 is 11.9 Å². The van der Waals surface area contributed by atoms with Crippen LogP contribution in [-0.2, 0) is 4.74 Å². The van der Waals surface area contributed by atoms with E-state index in [2.05, 4.69) is 33.9 Å². The molecule has 0 bridgehead atoms. The summed E-state index contributed by atoms with van der Waals surface area (Å²) in [4.78, 5) is 19.7. The van der Waals surface area contributed by atoms with Gasteiger partial charge in [0.15, 0.2) is 0 Å². The quantitative estimate of drug-likeness (QED) is 0.786. The highest BCUT2D eigenvalue weighted by Crippen LogP contribution is 2.23. The number of anilines is 1. The van der Waals surface area contributed by atoms with Crippen LogP contribution in [0.25, 0.3) is 11.1 Å². The first-order valence-corrected chi connectivity index (χ1v) is 8.48. The maximum atomic E-state index is 11.3. The van der Waals surface area contributed by atoms with E-state index < -0.39 is 11.6 Å². The fourth-order valence-electron chi connectivity index (χ4n) is 2.70. The van der Waals surface area contributed by atoms with Crippen LogP contribution in [0.5, 0.6) is 5.88 Å². The molecule has 26 heavy (non-hydrogen) atoms. The van der Waals surface area contributed by atoms with E-state index in [0.717, 1.165) is 17.5 Å². The van der Waals surface area contributed by atoms with E-state index in [1.54, 1.807) is 24.5 Å². The Bertz CT molecular complexity index is 730. The average Bonchev–Trinajstić information content (AvgIpc) is 2.59. The molecule has 1 amide bonds. The monoisotopic (exact) mass is 358 g/mol. The fourth-order valence-corrected chi connectivity index (χ4v) is 2.70. The third-order valence-electron chi connectivity index (χ3n) is 3.67.